The fourth-order valence-corrected chi connectivity index (χ4v) is 4.47. The van der Waals surface area contributed by atoms with Crippen LogP contribution in [0.2, 0.25) is 0 Å². The van der Waals surface area contributed by atoms with Crippen molar-refractivity contribution in [3.8, 4) is 5.75 Å². The number of thiazole rings is 1. The summed E-state index contributed by atoms with van der Waals surface area (Å²) in [6.07, 6.45) is 0. The van der Waals surface area contributed by atoms with Gasteiger partial charge in [-0.15, -0.1) is 0 Å². The Morgan fingerprint density at radius 2 is 1.79 bits per heavy atom. The van der Waals surface area contributed by atoms with Crippen LogP contribution in [-0.4, -0.2) is 25.7 Å². The highest BCUT2D eigenvalue weighted by atomic mass is 32.2. The van der Waals surface area contributed by atoms with E-state index in [9.17, 15) is 18.4 Å². The highest BCUT2D eigenvalue weighted by Crippen LogP contribution is 2.27. The molecule has 0 fully saturated rings. The SMILES string of the molecule is O=C(NC(=O)c1ccccc1COc1ccccc1)Nc1nc2ccc(CS(=O)[O-])cc2s1. The number of nitrogens with one attached hydrogen (secondary N) is 2. The number of urea groups is 1. The number of aromatic nitrogens is 1. The third-order valence-corrected chi connectivity index (χ3v) is 6.09. The molecular weight excluding hydrogens is 462 g/mol. The molecule has 33 heavy (non-hydrogen) atoms. The molecule has 0 spiro atoms. The normalized spacial score (nSPS) is 11.7. The van der Waals surface area contributed by atoms with Crippen molar-refractivity contribution < 1.29 is 23.1 Å². The van der Waals surface area contributed by atoms with Crippen molar-refractivity contribution in [1.29, 1.82) is 0 Å². The van der Waals surface area contributed by atoms with Crippen LogP contribution in [-0.2, 0) is 23.4 Å². The Bertz CT molecular complexity index is 1320. The molecule has 1 aromatic heterocycles. The lowest BCUT2D eigenvalue weighted by Gasteiger charge is -2.11. The summed E-state index contributed by atoms with van der Waals surface area (Å²) in [5, 5.41) is 5.15. The number of carbonyl (C=O) groups excluding carboxylic acids is 2. The summed E-state index contributed by atoms with van der Waals surface area (Å²) in [5.41, 5.74) is 2.20. The number of fused-ring (bicyclic) bond motifs is 1. The highest BCUT2D eigenvalue weighted by Gasteiger charge is 2.16. The molecule has 4 aromatic rings. The van der Waals surface area contributed by atoms with E-state index in [1.54, 1.807) is 42.5 Å². The molecule has 3 amide bonds. The Morgan fingerprint density at radius 3 is 2.58 bits per heavy atom. The van der Waals surface area contributed by atoms with Gasteiger partial charge in [-0.3, -0.25) is 19.6 Å². The third kappa shape index (κ3) is 6.01. The van der Waals surface area contributed by atoms with Gasteiger partial charge in [0.05, 0.1) is 10.2 Å². The Hall–Kier alpha value is -3.60. The lowest BCUT2D eigenvalue weighted by Crippen LogP contribution is -2.34. The van der Waals surface area contributed by atoms with Gasteiger partial charge in [0.25, 0.3) is 5.91 Å². The second kappa shape index (κ2) is 10.3. The van der Waals surface area contributed by atoms with Crippen LogP contribution in [0.1, 0.15) is 21.5 Å². The Labute approximate surface area is 195 Å². The van der Waals surface area contributed by atoms with Crippen molar-refractivity contribution in [2.45, 2.75) is 12.4 Å². The zero-order chi connectivity index (χ0) is 23.2. The molecule has 3 aromatic carbocycles. The number of benzene rings is 3. The van der Waals surface area contributed by atoms with Crippen LogP contribution in [0.15, 0.2) is 72.8 Å². The second-order valence-electron chi connectivity index (χ2n) is 6.94. The average molecular weight is 481 g/mol. The number of para-hydroxylation sites is 1. The zero-order valence-electron chi connectivity index (χ0n) is 17.1. The van der Waals surface area contributed by atoms with E-state index in [0.717, 1.165) is 4.70 Å². The van der Waals surface area contributed by atoms with Gasteiger partial charge in [0.1, 0.15) is 12.4 Å². The second-order valence-corrected chi connectivity index (χ2v) is 8.86. The molecule has 1 heterocycles. The molecule has 0 saturated heterocycles. The number of carbonyl (C=O) groups is 2. The van der Waals surface area contributed by atoms with Gasteiger partial charge >= 0.3 is 6.03 Å². The maximum atomic E-state index is 12.7. The van der Waals surface area contributed by atoms with Crippen LogP contribution in [0.5, 0.6) is 5.75 Å². The number of rotatable bonds is 7. The number of nitrogens with zero attached hydrogens (tertiary/aromatic N) is 1. The van der Waals surface area contributed by atoms with E-state index in [1.165, 1.54) is 11.3 Å². The van der Waals surface area contributed by atoms with Gasteiger partial charge in [0.2, 0.25) is 0 Å². The van der Waals surface area contributed by atoms with Crippen LogP contribution in [0.25, 0.3) is 10.2 Å². The fraction of sp³-hybridized carbons (Fsp3) is 0.0870. The van der Waals surface area contributed by atoms with Gasteiger partial charge in [-0.2, -0.15) is 0 Å². The number of amides is 3. The van der Waals surface area contributed by atoms with Crippen molar-refractivity contribution in [2.75, 3.05) is 5.32 Å². The predicted molar refractivity (Wildman–Crippen MR) is 126 cm³/mol. The van der Waals surface area contributed by atoms with E-state index in [-0.39, 0.29) is 17.5 Å². The lowest BCUT2D eigenvalue weighted by atomic mass is 10.1. The van der Waals surface area contributed by atoms with Crippen LogP contribution in [0, 0.1) is 0 Å². The molecule has 0 aliphatic rings. The Kier molecular flexibility index (Phi) is 7.08. The van der Waals surface area contributed by atoms with Gasteiger partial charge in [-0.05, 0) is 35.9 Å². The first-order valence-corrected chi connectivity index (χ1v) is 11.9. The summed E-state index contributed by atoms with van der Waals surface area (Å²) < 4.78 is 28.2. The lowest BCUT2D eigenvalue weighted by molar-refractivity contribution is 0.0964. The number of hydrogen-bond acceptors (Lipinski definition) is 7. The fourth-order valence-electron chi connectivity index (χ4n) is 3.09. The molecule has 1 unspecified atom stereocenters. The molecule has 0 aliphatic carbocycles. The van der Waals surface area contributed by atoms with Crippen molar-refractivity contribution >= 4 is 49.7 Å². The van der Waals surface area contributed by atoms with Crippen LogP contribution < -0.4 is 15.4 Å². The summed E-state index contributed by atoms with van der Waals surface area (Å²) in [6.45, 7) is 0.170. The van der Waals surface area contributed by atoms with E-state index in [4.69, 9.17) is 4.74 Å². The molecule has 4 rings (SSSR count). The molecule has 0 aliphatic heterocycles. The minimum atomic E-state index is -2.19. The van der Waals surface area contributed by atoms with Crippen molar-refractivity contribution in [2.24, 2.45) is 0 Å². The topological polar surface area (TPSA) is 120 Å². The van der Waals surface area contributed by atoms with Crippen LogP contribution in [0.3, 0.4) is 0 Å². The minimum Gasteiger partial charge on any atom is -0.772 e. The molecule has 0 bridgehead atoms. The summed E-state index contributed by atoms with van der Waals surface area (Å²) in [4.78, 5) is 29.4. The average Bonchev–Trinajstić information content (AvgIpc) is 3.19. The zero-order valence-corrected chi connectivity index (χ0v) is 18.8. The maximum Gasteiger partial charge on any atom is 0.327 e. The van der Waals surface area contributed by atoms with Gasteiger partial charge in [-0.25, -0.2) is 9.78 Å². The predicted octanol–water partition coefficient (Wildman–Crippen LogP) is 4.22. The van der Waals surface area contributed by atoms with Crippen molar-refractivity contribution in [3.63, 3.8) is 0 Å². The van der Waals surface area contributed by atoms with E-state index in [1.807, 2.05) is 30.3 Å². The summed E-state index contributed by atoms with van der Waals surface area (Å²) >= 11 is -1.01. The highest BCUT2D eigenvalue weighted by molar-refractivity contribution is 7.78. The first-order chi connectivity index (χ1) is 16.0. The number of anilines is 1. The molecule has 10 heteroatoms. The summed E-state index contributed by atoms with van der Waals surface area (Å²) in [6, 6.07) is 20.4. The Balaban J connectivity index is 1.40. The Morgan fingerprint density at radius 1 is 1.03 bits per heavy atom. The van der Waals surface area contributed by atoms with E-state index in [0.29, 0.717) is 28.0 Å². The van der Waals surface area contributed by atoms with E-state index >= 15 is 0 Å². The van der Waals surface area contributed by atoms with Crippen LogP contribution in [0.4, 0.5) is 9.93 Å². The van der Waals surface area contributed by atoms with E-state index in [2.05, 4.69) is 15.6 Å². The number of imide groups is 1. The van der Waals surface area contributed by atoms with Gasteiger partial charge in [0.15, 0.2) is 5.13 Å². The molecule has 0 radical (unpaired) electrons. The van der Waals surface area contributed by atoms with Crippen molar-refractivity contribution in [3.05, 3.63) is 89.5 Å². The quantitative estimate of drug-likeness (QED) is 0.382. The summed E-state index contributed by atoms with van der Waals surface area (Å²) in [5.74, 6) is 0.00550. The smallest absolute Gasteiger partial charge is 0.327 e. The third-order valence-electron chi connectivity index (χ3n) is 4.58. The first kappa shape index (κ1) is 22.6. The number of ether oxygens (including phenoxy) is 1. The molecule has 1 atom stereocenters. The maximum absolute atomic E-state index is 12.7. The number of hydrogen-bond donors (Lipinski definition) is 2. The molecule has 168 valence electrons. The van der Waals surface area contributed by atoms with Gasteiger partial charge in [-0.1, -0.05) is 64.9 Å². The largest absolute Gasteiger partial charge is 0.772 e. The van der Waals surface area contributed by atoms with Crippen molar-refractivity contribution in [1.82, 2.24) is 10.3 Å². The molecular formula is C23H18N3O5S2-. The summed E-state index contributed by atoms with van der Waals surface area (Å²) in [7, 11) is 0. The monoisotopic (exact) mass is 480 g/mol. The van der Waals surface area contributed by atoms with Crippen LogP contribution >= 0.6 is 11.3 Å². The molecule has 8 nitrogen and oxygen atoms in total. The molecule has 0 saturated carbocycles. The minimum absolute atomic E-state index is 0.0982. The van der Waals surface area contributed by atoms with Gasteiger partial charge in [0, 0.05) is 16.9 Å². The first-order valence-electron chi connectivity index (χ1n) is 9.81. The molecule has 2 N–H and O–H groups in total. The van der Waals surface area contributed by atoms with E-state index < -0.39 is 23.0 Å². The standard InChI is InChI=1S/C23H19N3O5S2/c27-21(18-9-5-4-6-16(18)13-31-17-7-2-1-3-8-17)25-22(28)26-23-24-19-11-10-15(14-33(29)30)12-20(19)32-23/h1-12H,13-14H2,(H,29,30)(H2,24,25,26,27,28)/p-1. The van der Waals surface area contributed by atoms with Gasteiger partial charge < -0.3 is 9.29 Å².